The Morgan fingerprint density at radius 3 is 2.79 bits per heavy atom. The number of nitrogens with one attached hydrogen (secondary N) is 2. The molecular weight excluding hydrogens is 372 g/mol. The Balaban J connectivity index is 1.46. The first kappa shape index (κ1) is 20.8. The lowest BCUT2D eigenvalue weighted by Crippen LogP contribution is -2.46. The number of hydrogen-bond acceptors (Lipinski definition) is 5. The molecule has 0 aromatic carbocycles. The van der Waals surface area contributed by atoms with E-state index in [0.717, 1.165) is 64.0 Å². The van der Waals surface area contributed by atoms with Crippen LogP contribution in [0.5, 0.6) is 0 Å². The second kappa shape index (κ2) is 10.6. The van der Waals surface area contributed by atoms with E-state index in [9.17, 15) is 0 Å². The molecule has 1 aliphatic rings. The van der Waals surface area contributed by atoms with Crippen molar-refractivity contribution in [2.24, 2.45) is 4.99 Å². The van der Waals surface area contributed by atoms with Gasteiger partial charge in [-0.1, -0.05) is 6.07 Å². The van der Waals surface area contributed by atoms with E-state index in [-0.39, 0.29) is 0 Å². The van der Waals surface area contributed by atoms with Crippen LogP contribution in [-0.2, 0) is 11.3 Å². The van der Waals surface area contributed by atoms with Crippen LogP contribution in [0.3, 0.4) is 0 Å². The van der Waals surface area contributed by atoms with Crippen LogP contribution in [0.4, 0.5) is 0 Å². The minimum absolute atomic E-state index is 0.345. The van der Waals surface area contributed by atoms with Crippen LogP contribution in [0.2, 0.25) is 0 Å². The third kappa shape index (κ3) is 5.80. The van der Waals surface area contributed by atoms with E-state index in [1.54, 1.807) is 0 Å². The number of aromatic nitrogens is 2. The van der Waals surface area contributed by atoms with Crippen LogP contribution in [0.1, 0.15) is 28.7 Å². The molecule has 2 N–H and O–H groups in total. The fourth-order valence-corrected chi connectivity index (χ4v) is 4.39. The standard InChI is InChI=1S/C20H32N6OS/c1-16-14-17(2)26(24-16)8-5-7-22-20(21-3)23-15-18(19-6-4-13-28-19)25-9-11-27-12-10-25/h4,6,13-14,18H,5,7-12,15H2,1-3H3,(H2,21,22,23). The number of aryl methyl sites for hydroxylation is 3. The van der Waals surface area contributed by atoms with E-state index in [2.05, 4.69) is 60.8 Å². The molecule has 0 spiro atoms. The highest BCUT2D eigenvalue weighted by atomic mass is 32.1. The summed E-state index contributed by atoms with van der Waals surface area (Å²) in [7, 11) is 1.82. The Labute approximate surface area is 171 Å². The molecule has 1 unspecified atom stereocenters. The van der Waals surface area contributed by atoms with Gasteiger partial charge in [-0.25, -0.2) is 0 Å². The predicted molar refractivity (Wildman–Crippen MR) is 115 cm³/mol. The highest BCUT2D eigenvalue weighted by molar-refractivity contribution is 7.10. The second-order valence-corrected chi connectivity index (χ2v) is 8.04. The molecule has 7 nitrogen and oxygen atoms in total. The van der Waals surface area contributed by atoms with Crippen molar-refractivity contribution in [2.75, 3.05) is 46.4 Å². The molecule has 1 aliphatic heterocycles. The normalized spacial score (nSPS) is 16.9. The maximum absolute atomic E-state index is 5.52. The molecule has 1 saturated heterocycles. The molecule has 0 bridgehead atoms. The van der Waals surface area contributed by atoms with Crippen molar-refractivity contribution in [1.29, 1.82) is 0 Å². The Bertz CT molecular complexity index is 736. The third-order valence-corrected chi connectivity index (χ3v) is 5.96. The molecule has 0 amide bonds. The van der Waals surface area contributed by atoms with E-state index in [0.29, 0.717) is 6.04 Å². The van der Waals surface area contributed by atoms with E-state index >= 15 is 0 Å². The number of morpholine rings is 1. The first-order valence-corrected chi connectivity index (χ1v) is 10.9. The van der Waals surface area contributed by atoms with Crippen molar-refractivity contribution in [1.82, 2.24) is 25.3 Å². The Morgan fingerprint density at radius 2 is 2.14 bits per heavy atom. The zero-order valence-corrected chi connectivity index (χ0v) is 18.0. The number of nitrogens with zero attached hydrogens (tertiary/aromatic N) is 4. The van der Waals surface area contributed by atoms with Crippen molar-refractivity contribution in [3.63, 3.8) is 0 Å². The highest BCUT2D eigenvalue weighted by Gasteiger charge is 2.23. The topological polar surface area (TPSA) is 66.7 Å². The van der Waals surface area contributed by atoms with Gasteiger partial charge in [-0.2, -0.15) is 5.10 Å². The summed E-state index contributed by atoms with van der Waals surface area (Å²) < 4.78 is 7.59. The second-order valence-electron chi connectivity index (χ2n) is 7.06. The maximum atomic E-state index is 5.52. The summed E-state index contributed by atoms with van der Waals surface area (Å²) in [6.07, 6.45) is 1.00. The van der Waals surface area contributed by atoms with Gasteiger partial charge in [0.1, 0.15) is 0 Å². The average Bonchev–Trinajstić information content (AvgIpc) is 3.34. The van der Waals surface area contributed by atoms with Gasteiger partial charge in [0.25, 0.3) is 0 Å². The van der Waals surface area contributed by atoms with Gasteiger partial charge in [-0.05, 0) is 37.8 Å². The minimum atomic E-state index is 0.345. The lowest BCUT2D eigenvalue weighted by atomic mass is 10.2. The fraction of sp³-hybridized carbons (Fsp3) is 0.600. The summed E-state index contributed by atoms with van der Waals surface area (Å²) in [5.74, 6) is 0.850. The van der Waals surface area contributed by atoms with Crippen molar-refractivity contribution >= 4 is 17.3 Å². The zero-order chi connectivity index (χ0) is 19.8. The molecule has 0 saturated carbocycles. The molecule has 3 heterocycles. The molecule has 0 aliphatic carbocycles. The lowest BCUT2D eigenvalue weighted by Gasteiger charge is -2.34. The largest absolute Gasteiger partial charge is 0.379 e. The molecule has 1 atom stereocenters. The maximum Gasteiger partial charge on any atom is 0.191 e. The summed E-state index contributed by atoms with van der Waals surface area (Å²) in [5.41, 5.74) is 2.29. The van der Waals surface area contributed by atoms with Crippen LogP contribution in [-0.4, -0.2) is 67.1 Å². The molecular formula is C20H32N6OS. The van der Waals surface area contributed by atoms with Crippen molar-refractivity contribution in [2.45, 2.75) is 32.9 Å². The minimum Gasteiger partial charge on any atom is -0.379 e. The SMILES string of the molecule is CN=C(NCCCn1nc(C)cc1C)NCC(c1cccs1)N1CCOCC1. The van der Waals surface area contributed by atoms with Gasteiger partial charge in [0.2, 0.25) is 0 Å². The molecule has 8 heteroatoms. The summed E-state index contributed by atoms with van der Waals surface area (Å²) in [4.78, 5) is 8.27. The number of guanidine groups is 1. The van der Waals surface area contributed by atoms with Crippen molar-refractivity contribution in [3.05, 3.63) is 39.8 Å². The molecule has 0 radical (unpaired) electrons. The molecule has 154 valence electrons. The lowest BCUT2D eigenvalue weighted by molar-refractivity contribution is 0.0177. The van der Waals surface area contributed by atoms with Gasteiger partial charge in [-0.15, -0.1) is 11.3 Å². The van der Waals surface area contributed by atoms with Crippen LogP contribution >= 0.6 is 11.3 Å². The number of ether oxygens (including phenoxy) is 1. The van der Waals surface area contributed by atoms with Crippen LogP contribution in [0.15, 0.2) is 28.6 Å². The average molecular weight is 405 g/mol. The molecule has 2 aromatic rings. The summed E-state index contributed by atoms with van der Waals surface area (Å²) >= 11 is 1.81. The first-order valence-electron chi connectivity index (χ1n) is 9.98. The van der Waals surface area contributed by atoms with Gasteiger partial charge < -0.3 is 15.4 Å². The predicted octanol–water partition coefficient (Wildman–Crippen LogP) is 2.19. The Morgan fingerprint density at radius 1 is 1.32 bits per heavy atom. The monoisotopic (exact) mass is 404 g/mol. The van der Waals surface area contributed by atoms with Crippen molar-refractivity contribution in [3.8, 4) is 0 Å². The molecule has 3 rings (SSSR count). The number of aliphatic imine (C=N–C) groups is 1. The van der Waals surface area contributed by atoms with Crippen LogP contribution in [0.25, 0.3) is 0 Å². The zero-order valence-electron chi connectivity index (χ0n) is 17.1. The smallest absolute Gasteiger partial charge is 0.191 e. The van der Waals surface area contributed by atoms with E-state index in [1.807, 2.05) is 25.3 Å². The van der Waals surface area contributed by atoms with Crippen molar-refractivity contribution < 1.29 is 4.74 Å². The molecule has 1 fully saturated rings. The number of hydrogen-bond donors (Lipinski definition) is 2. The van der Waals surface area contributed by atoms with Gasteiger partial charge in [-0.3, -0.25) is 14.6 Å². The van der Waals surface area contributed by atoms with E-state index < -0.39 is 0 Å². The number of rotatable bonds is 8. The Kier molecular flexibility index (Phi) is 7.88. The van der Waals surface area contributed by atoms with E-state index in [4.69, 9.17) is 4.74 Å². The third-order valence-electron chi connectivity index (χ3n) is 4.99. The quantitative estimate of drug-likeness (QED) is 0.401. The van der Waals surface area contributed by atoms with Crippen LogP contribution < -0.4 is 10.6 Å². The van der Waals surface area contributed by atoms with Crippen LogP contribution in [0, 0.1) is 13.8 Å². The summed E-state index contributed by atoms with van der Waals surface area (Å²) in [6, 6.07) is 6.80. The van der Waals surface area contributed by atoms with E-state index in [1.165, 1.54) is 10.6 Å². The summed E-state index contributed by atoms with van der Waals surface area (Å²) in [6.45, 7) is 10.3. The van der Waals surface area contributed by atoms with Gasteiger partial charge in [0, 0.05) is 50.3 Å². The highest BCUT2D eigenvalue weighted by Crippen LogP contribution is 2.25. The summed E-state index contributed by atoms with van der Waals surface area (Å²) in [5, 5.41) is 13.6. The van der Waals surface area contributed by atoms with Gasteiger partial charge in [0.05, 0.1) is 24.9 Å². The van der Waals surface area contributed by atoms with Gasteiger partial charge in [0.15, 0.2) is 5.96 Å². The fourth-order valence-electron chi connectivity index (χ4n) is 3.53. The molecule has 2 aromatic heterocycles. The first-order chi connectivity index (χ1) is 13.7. The van der Waals surface area contributed by atoms with Gasteiger partial charge >= 0.3 is 0 Å². The Hall–Kier alpha value is -1.90. The number of thiophene rings is 1. The molecule has 28 heavy (non-hydrogen) atoms.